The highest BCUT2D eigenvalue weighted by molar-refractivity contribution is 9.10. The van der Waals surface area contributed by atoms with Crippen LogP contribution in [-0.2, 0) is 0 Å². The van der Waals surface area contributed by atoms with Gasteiger partial charge in [0.1, 0.15) is 11.4 Å². The molecular formula is C16H17BrN2O2. The zero-order valence-corrected chi connectivity index (χ0v) is 13.4. The molecule has 0 atom stereocenters. The van der Waals surface area contributed by atoms with Gasteiger partial charge in [-0.3, -0.25) is 4.79 Å². The van der Waals surface area contributed by atoms with Crippen LogP contribution in [0.1, 0.15) is 35.8 Å². The molecule has 1 saturated carbocycles. The van der Waals surface area contributed by atoms with Crippen LogP contribution in [0.3, 0.4) is 0 Å². The Morgan fingerprint density at radius 1 is 1.38 bits per heavy atom. The van der Waals surface area contributed by atoms with Gasteiger partial charge in [0, 0.05) is 22.8 Å². The SMILES string of the molecule is COc1ccc(Br)c(NC(=O)c2cccn2C2CCC2)c1. The average Bonchev–Trinajstić information content (AvgIpc) is 2.88. The summed E-state index contributed by atoms with van der Waals surface area (Å²) in [5.74, 6) is 0.615. The molecule has 0 unspecified atom stereocenters. The molecule has 1 heterocycles. The average molecular weight is 349 g/mol. The van der Waals surface area contributed by atoms with Crippen molar-refractivity contribution in [3.8, 4) is 5.75 Å². The molecule has 21 heavy (non-hydrogen) atoms. The summed E-state index contributed by atoms with van der Waals surface area (Å²) < 4.78 is 8.10. The molecule has 110 valence electrons. The van der Waals surface area contributed by atoms with Crippen molar-refractivity contribution in [2.45, 2.75) is 25.3 Å². The molecule has 1 aromatic heterocycles. The quantitative estimate of drug-likeness (QED) is 0.897. The number of nitrogens with one attached hydrogen (secondary N) is 1. The Bertz CT molecular complexity index is 662. The maximum Gasteiger partial charge on any atom is 0.272 e. The predicted molar refractivity (Wildman–Crippen MR) is 86.0 cm³/mol. The predicted octanol–water partition coefficient (Wildman–Crippen LogP) is 4.24. The molecule has 0 aliphatic heterocycles. The van der Waals surface area contributed by atoms with E-state index in [0.717, 1.165) is 17.3 Å². The van der Waals surface area contributed by atoms with Gasteiger partial charge in [-0.1, -0.05) is 0 Å². The third-order valence-corrected chi connectivity index (χ3v) is 4.59. The number of nitrogens with zero attached hydrogens (tertiary/aromatic N) is 1. The fraction of sp³-hybridized carbons (Fsp3) is 0.312. The van der Waals surface area contributed by atoms with Crippen molar-refractivity contribution in [1.82, 2.24) is 4.57 Å². The van der Waals surface area contributed by atoms with E-state index in [0.29, 0.717) is 23.2 Å². The van der Waals surface area contributed by atoms with E-state index in [1.807, 2.05) is 30.5 Å². The summed E-state index contributed by atoms with van der Waals surface area (Å²) in [6.07, 6.45) is 5.53. The van der Waals surface area contributed by atoms with Gasteiger partial charge in [-0.05, 0) is 59.5 Å². The standard InChI is InChI=1S/C16H17BrN2O2/c1-21-12-7-8-13(17)14(10-12)18-16(20)15-6-3-9-19(15)11-4-2-5-11/h3,6-11H,2,4-5H2,1H3,(H,18,20). The highest BCUT2D eigenvalue weighted by Gasteiger charge is 2.23. The number of benzene rings is 1. The lowest BCUT2D eigenvalue weighted by Gasteiger charge is -2.28. The molecule has 5 heteroatoms. The minimum atomic E-state index is -0.0964. The molecule has 1 aliphatic carbocycles. The third kappa shape index (κ3) is 2.83. The maximum atomic E-state index is 12.5. The van der Waals surface area contributed by atoms with Crippen molar-refractivity contribution >= 4 is 27.5 Å². The topological polar surface area (TPSA) is 43.3 Å². The zero-order valence-electron chi connectivity index (χ0n) is 11.8. The number of carbonyl (C=O) groups is 1. The maximum absolute atomic E-state index is 12.5. The minimum Gasteiger partial charge on any atom is -0.497 e. The summed E-state index contributed by atoms with van der Waals surface area (Å²) >= 11 is 3.45. The fourth-order valence-corrected chi connectivity index (χ4v) is 2.83. The van der Waals surface area contributed by atoms with E-state index in [1.54, 1.807) is 13.2 Å². The largest absolute Gasteiger partial charge is 0.497 e. The molecule has 3 rings (SSSR count). The number of methoxy groups -OCH3 is 1. The number of halogens is 1. The van der Waals surface area contributed by atoms with Crippen molar-refractivity contribution in [3.63, 3.8) is 0 Å². The van der Waals surface area contributed by atoms with Crippen molar-refractivity contribution in [3.05, 3.63) is 46.7 Å². The summed E-state index contributed by atoms with van der Waals surface area (Å²) in [7, 11) is 1.61. The van der Waals surface area contributed by atoms with Gasteiger partial charge in [-0.15, -0.1) is 0 Å². The van der Waals surface area contributed by atoms with Crippen LogP contribution in [0.25, 0.3) is 0 Å². The van der Waals surface area contributed by atoms with Crippen LogP contribution in [0, 0.1) is 0 Å². The van der Waals surface area contributed by atoms with Gasteiger partial charge in [0.2, 0.25) is 0 Å². The molecule has 0 saturated heterocycles. The molecule has 0 spiro atoms. The van der Waals surface area contributed by atoms with Crippen molar-refractivity contribution in [1.29, 1.82) is 0 Å². The number of ether oxygens (including phenoxy) is 1. The van der Waals surface area contributed by atoms with Crippen LogP contribution < -0.4 is 10.1 Å². The molecule has 0 bridgehead atoms. The number of hydrogen-bond donors (Lipinski definition) is 1. The number of hydrogen-bond acceptors (Lipinski definition) is 2. The van der Waals surface area contributed by atoms with E-state index in [1.165, 1.54) is 6.42 Å². The van der Waals surface area contributed by atoms with Crippen LogP contribution in [0.4, 0.5) is 5.69 Å². The summed E-state index contributed by atoms with van der Waals surface area (Å²) in [6.45, 7) is 0. The van der Waals surface area contributed by atoms with Gasteiger partial charge >= 0.3 is 0 Å². The number of anilines is 1. The van der Waals surface area contributed by atoms with Crippen LogP contribution in [0.5, 0.6) is 5.75 Å². The number of carbonyl (C=O) groups excluding carboxylic acids is 1. The van der Waals surface area contributed by atoms with E-state index >= 15 is 0 Å². The minimum absolute atomic E-state index is 0.0964. The first kappa shape index (κ1) is 14.2. The first-order chi connectivity index (χ1) is 10.2. The van der Waals surface area contributed by atoms with Crippen LogP contribution in [0.15, 0.2) is 41.0 Å². The Morgan fingerprint density at radius 2 is 2.19 bits per heavy atom. The highest BCUT2D eigenvalue weighted by atomic mass is 79.9. The first-order valence-electron chi connectivity index (χ1n) is 7.01. The van der Waals surface area contributed by atoms with Crippen LogP contribution in [-0.4, -0.2) is 17.6 Å². The highest BCUT2D eigenvalue weighted by Crippen LogP contribution is 2.33. The number of amides is 1. The Hall–Kier alpha value is -1.75. The van der Waals surface area contributed by atoms with E-state index in [9.17, 15) is 4.79 Å². The Labute approximate surface area is 132 Å². The number of aromatic nitrogens is 1. The Morgan fingerprint density at radius 3 is 2.86 bits per heavy atom. The molecule has 1 amide bonds. The van der Waals surface area contributed by atoms with E-state index in [-0.39, 0.29) is 5.91 Å². The summed E-state index contributed by atoms with van der Waals surface area (Å²) in [4.78, 5) is 12.5. The molecule has 1 N–H and O–H groups in total. The van der Waals surface area contributed by atoms with Crippen molar-refractivity contribution in [2.24, 2.45) is 0 Å². The fourth-order valence-electron chi connectivity index (χ4n) is 2.48. The van der Waals surface area contributed by atoms with E-state index in [4.69, 9.17) is 4.74 Å². The number of rotatable bonds is 4. The van der Waals surface area contributed by atoms with Gasteiger partial charge in [-0.25, -0.2) is 0 Å². The molecular weight excluding hydrogens is 332 g/mol. The van der Waals surface area contributed by atoms with Gasteiger partial charge in [-0.2, -0.15) is 0 Å². The second-order valence-electron chi connectivity index (χ2n) is 5.19. The Kier molecular flexibility index (Phi) is 4.01. The first-order valence-corrected chi connectivity index (χ1v) is 7.80. The van der Waals surface area contributed by atoms with Gasteiger partial charge < -0.3 is 14.6 Å². The van der Waals surface area contributed by atoms with Crippen molar-refractivity contribution < 1.29 is 9.53 Å². The van der Waals surface area contributed by atoms with Gasteiger partial charge in [0.25, 0.3) is 5.91 Å². The van der Waals surface area contributed by atoms with Crippen molar-refractivity contribution in [2.75, 3.05) is 12.4 Å². The zero-order chi connectivity index (χ0) is 14.8. The lowest BCUT2D eigenvalue weighted by atomic mass is 9.93. The molecule has 2 aromatic rings. The smallest absolute Gasteiger partial charge is 0.272 e. The molecule has 1 aromatic carbocycles. The van der Waals surface area contributed by atoms with Gasteiger partial charge in [0.05, 0.1) is 12.8 Å². The lowest BCUT2D eigenvalue weighted by molar-refractivity contribution is 0.101. The van der Waals surface area contributed by atoms with Gasteiger partial charge in [0.15, 0.2) is 0 Å². The lowest BCUT2D eigenvalue weighted by Crippen LogP contribution is -2.23. The van der Waals surface area contributed by atoms with E-state index < -0.39 is 0 Å². The molecule has 0 radical (unpaired) electrons. The normalized spacial score (nSPS) is 14.6. The van der Waals surface area contributed by atoms with Crippen LogP contribution >= 0.6 is 15.9 Å². The summed E-state index contributed by atoms with van der Waals surface area (Å²) in [5, 5.41) is 2.94. The summed E-state index contributed by atoms with van der Waals surface area (Å²) in [6, 6.07) is 9.76. The van der Waals surface area contributed by atoms with E-state index in [2.05, 4.69) is 25.8 Å². The summed E-state index contributed by atoms with van der Waals surface area (Å²) in [5.41, 5.74) is 1.41. The molecule has 1 fully saturated rings. The monoisotopic (exact) mass is 348 g/mol. The third-order valence-electron chi connectivity index (χ3n) is 3.90. The molecule has 4 nitrogen and oxygen atoms in total. The second-order valence-corrected chi connectivity index (χ2v) is 6.04. The molecule has 1 aliphatic rings. The second kappa shape index (κ2) is 5.93. The van der Waals surface area contributed by atoms with Crippen LogP contribution in [0.2, 0.25) is 0 Å². The Balaban J connectivity index is 1.82.